The molecule has 3 aliphatic heterocycles. The predicted molar refractivity (Wildman–Crippen MR) is 72.6 cm³/mol. The Balaban J connectivity index is 1.57. The number of nitrogens with two attached hydrogens (primary N) is 1. The number of hydrogen-bond donors (Lipinski definition) is 2. The third-order valence-electron chi connectivity index (χ3n) is 5.15. The summed E-state index contributed by atoms with van der Waals surface area (Å²) in [6.45, 7) is 0.989. The first kappa shape index (κ1) is 13.3. The highest BCUT2D eigenvalue weighted by Gasteiger charge is 2.38. The van der Waals surface area contributed by atoms with Crippen LogP contribution in [0.5, 0.6) is 0 Å². The van der Waals surface area contributed by atoms with E-state index < -0.39 is 0 Å². The van der Waals surface area contributed by atoms with Crippen molar-refractivity contribution in [2.75, 3.05) is 20.3 Å². The molecule has 3 rings (SSSR count). The highest BCUT2D eigenvalue weighted by atomic mass is 16.5. The van der Waals surface area contributed by atoms with Crippen LogP contribution < -0.4 is 11.1 Å². The van der Waals surface area contributed by atoms with Gasteiger partial charge in [0.05, 0.1) is 19.1 Å². The van der Waals surface area contributed by atoms with Crippen LogP contribution in [0.2, 0.25) is 0 Å². The van der Waals surface area contributed by atoms with Gasteiger partial charge in [-0.3, -0.25) is 4.79 Å². The summed E-state index contributed by atoms with van der Waals surface area (Å²) in [7, 11) is 2.23. The fourth-order valence-electron chi connectivity index (χ4n) is 3.88. The molecule has 0 aromatic rings. The minimum absolute atomic E-state index is 0.0950. The largest absolute Gasteiger partial charge is 0.379 e. The number of rotatable bonds is 2. The van der Waals surface area contributed by atoms with Crippen LogP contribution in [0.4, 0.5) is 0 Å². The number of amides is 1. The number of fused-ring (bicyclic) bond motifs is 2. The Labute approximate surface area is 114 Å². The van der Waals surface area contributed by atoms with Crippen LogP contribution in [0.3, 0.4) is 0 Å². The smallest absolute Gasteiger partial charge is 0.227 e. The van der Waals surface area contributed by atoms with Crippen LogP contribution in [-0.2, 0) is 9.53 Å². The number of hydrogen-bond acceptors (Lipinski definition) is 4. The first-order chi connectivity index (χ1) is 9.15. The lowest BCUT2D eigenvalue weighted by Crippen LogP contribution is -2.56. The van der Waals surface area contributed by atoms with E-state index in [2.05, 4.69) is 17.3 Å². The second kappa shape index (κ2) is 5.38. The third kappa shape index (κ3) is 2.64. The maximum absolute atomic E-state index is 12.2. The lowest BCUT2D eigenvalue weighted by molar-refractivity contribution is -0.126. The summed E-state index contributed by atoms with van der Waals surface area (Å²) in [5.41, 5.74) is 5.90. The predicted octanol–water partition coefficient (Wildman–Crippen LogP) is 0.0916. The summed E-state index contributed by atoms with van der Waals surface area (Å²) < 4.78 is 5.28. The monoisotopic (exact) mass is 267 g/mol. The summed E-state index contributed by atoms with van der Waals surface area (Å²) in [4.78, 5) is 14.8. The van der Waals surface area contributed by atoms with Gasteiger partial charge in [0.2, 0.25) is 5.91 Å². The van der Waals surface area contributed by atoms with E-state index >= 15 is 0 Å². The third-order valence-corrected chi connectivity index (χ3v) is 5.15. The van der Waals surface area contributed by atoms with Crippen molar-refractivity contribution in [2.24, 2.45) is 11.7 Å². The molecule has 0 aromatic heterocycles. The lowest BCUT2D eigenvalue weighted by atomic mass is 9.82. The highest BCUT2D eigenvalue weighted by Crippen LogP contribution is 2.32. The minimum atomic E-state index is -0.153. The minimum Gasteiger partial charge on any atom is -0.379 e. The van der Waals surface area contributed by atoms with Gasteiger partial charge in [-0.05, 0) is 32.7 Å². The van der Waals surface area contributed by atoms with Crippen molar-refractivity contribution in [2.45, 2.75) is 56.3 Å². The summed E-state index contributed by atoms with van der Waals surface area (Å²) in [6.07, 6.45) is 6.04. The molecule has 4 atom stereocenters. The molecule has 3 fully saturated rings. The summed E-state index contributed by atoms with van der Waals surface area (Å²) in [6, 6.07) is 1.48. The number of nitrogens with one attached hydrogen (secondary N) is 1. The fourth-order valence-corrected chi connectivity index (χ4v) is 3.88. The number of nitrogens with zero attached hydrogens (tertiary/aromatic N) is 1. The molecule has 0 spiro atoms. The number of carbonyl (C=O) groups excluding carboxylic acids is 1. The Bertz CT molecular complexity index is 336. The van der Waals surface area contributed by atoms with Crippen molar-refractivity contribution in [1.29, 1.82) is 0 Å². The van der Waals surface area contributed by atoms with Crippen LogP contribution in [0, 0.1) is 5.92 Å². The Hall–Kier alpha value is -0.650. The average Bonchev–Trinajstić information content (AvgIpc) is 2.77. The topological polar surface area (TPSA) is 67.6 Å². The molecule has 0 radical (unpaired) electrons. The van der Waals surface area contributed by atoms with Gasteiger partial charge in [0, 0.05) is 24.2 Å². The van der Waals surface area contributed by atoms with Crippen LogP contribution in [-0.4, -0.2) is 55.2 Å². The zero-order valence-corrected chi connectivity index (χ0v) is 11.7. The summed E-state index contributed by atoms with van der Waals surface area (Å²) in [5.74, 6) is -0.0582. The standard InChI is InChI=1S/C14H25N3O2/c1-17-10-3-2-4-11(17)6-9(5-10)16-14(18)12-7-19-8-13(12)15/h9-13H,2-8,15H2,1H3,(H,16,18). The molecule has 1 amide bonds. The first-order valence-electron chi connectivity index (χ1n) is 7.51. The molecule has 0 aliphatic carbocycles. The van der Waals surface area contributed by atoms with Gasteiger partial charge >= 0.3 is 0 Å². The molecule has 5 nitrogen and oxygen atoms in total. The Kier molecular flexibility index (Phi) is 3.78. The number of carbonyl (C=O) groups is 1. The van der Waals surface area contributed by atoms with Gasteiger partial charge in [-0.15, -0.1) is 0 Å². The lowest BCUT2D eigenvalue weighted by Gasteiger charge is -2.47. The summed E-state index contributed by atoms with van der Waals surface area (Å²) >= 11 is 0. The Morgan fingerprint density at radius 2 is 1.95 bits per heavy atom. The summed E-state index contributed by atoms with van der Waals surface area (Å²) in [5, 5.41) is 3.21. The normalized spacial score (nSPS) is 43.2. The molecule has 3 saturated heterocycles. The van der Waals surface area contributed by atoms with Gasteiger partial charge in [-0.2, -0.15) is 0 Å². The van der Waals surface area contributed by atoms with E-state index in [-0.39, 0.29) is 17.9 Å². The van der Waals surface area contributed by atoms with Crippen molar-refractivity contribution in [3.8, 4) is 0 Å². The molecule has 3 heterocycles. The second-order valence-electron chi connectivity index (χ2n) is 6.39. The molecule has 108 valence electrons. The van der Waals surface area contributed by atoms with Crippen molar-refractivity contribution in [3.63, 3.8) is 0 Å². The van der Waals surface area contributed by atoms with E-state index in [1.807, 2.05) is 0 Å². The van der Waals surface area contributed by atoms with E-state index in [1.165, 1.54) is 19.3 Å². The van der Waals surface area contributed by atoms with Crippen LogP contribution in [0.1, 0.15) is 32.1 Å². The molecule has 19 heavy (non-hydrogen) atoms. The molecule has 2 bridgehead atoms. The first-order valence-corrected chi connectivity index (χ1v) is 7.51. The van der Waals surface area contributed by atoms with Gasteiger partial charge < -0.3 is 20.7 Å². The fraction of sp³-hybridized carbons (Fsp3) is 0.929. The maximum Gasteiger partial charge on any atom is 0.227 e. The van der Waals surface area contributed by atoms with Crippen molar-refractivity contribution < 1.29 is 9.53 Å². The Morgan fingerprint density at radius 1 is 1.26 bits per heavy atom. The van der Waals surface area contributed by atoms with Crippen molar-refractivity contribution in [3.05, 3.63) is 0 Å². The van der Waals surface area contributed by atoms with Crippen LogP contribution >= 0.6 is 0 Å². The number of ether oxygens (including phenoxy) is 1. The van der Waals surface area contributed by atoms with Gasteiger partial charge in [0.25, 0.3) is 0 Å². The number of piperidine rings is 2. The average molecular weight is 267 g/mol. The SMILES string of the molecule is CN1C2CCCC1CC(NC(=O)C1COCC1N)C2. The molecule has 3 N–H and O–H groups in total. The molecule has 4 unspecified atom stereocenters. The molecule has 0 saturated carbocycles. The maximum atomic E-state index is 12.2. The van der Waals surface area contributed by atoms with E-state index in [4.69, 9.17) is 10.5 Å². The molecular formula is C14H25N3O2. The van der Waals surface area contributed by atoms with E-state index in [9.17, 15) is 4.79 Å². The zero-order valence-electron chi connectivity index (χ0n) is 11.7. The quantitative estimate of drug-likeness (QED) is 0.744. The van der Waals surface area contributed by atoms with Gasteiger partial charge in [0.1, 0.15) is 0 Å². The van der Waals surface area contributed by atoms with E-state index in [0.717, 1.165) is 12.8 Å². The zero-order chi connectivity index (χ0) is 13.4. The molecule has 0 aromatic carbocycles. The highest BCUT2D eigenvalue weighted by molar-refractivity contribution is 5.80. The van der Waals surface area contributed by atoms with E-state index in [1.54, 1.807) is 0 Å². The van der Waals surface area contributed by atoms with E-state index in [0.29, 0.717) is 31.3 Å². The van der Waals surface area contributed by atoms with Gasteiger partial charge in [-0.25, -0.2) is 0 Å². The van der Waals surface area contributed by atoms with Gasteiger partial charge in [-0.1, -0.05) is 6.42 Å². The molecule has 3 aliphatic rings. The molecule has 5 heteroatoms. The van der Waals surface area contributed by atoms with Crippen LogP contribution in [0.15, 0.2) is 0 Å². The van der Waals surface area contributed by atoms with Crippen molar-refractivity contribution in [1.82, 2.24) is 10.2 Å². The second-order valence-corrected chi connectivity index (χ2v) is 6.39. The molecular weight excluding hydrogens is 242 g/mol. The van der Waals surface area contributed by atoms with Gasteiger partial charge in [0.15, 0.2) is 0 Å². The Morgan fingerprint density at radius 3 is 2.53 bits per heavy atom. The van der Waals surface area contributed by atoms with Crippen LogP contribution in [0.25, 0.3) is 0 Å². The van der Waals surface area contributed by atoms with Crippen molar-refractivity contribution >= 4 is 5.91 Å².